The monoisotopic (exact) mass is 504 g/mol. The van der Waals surface area contributed by atoms with Crippen LogP contribution in [0.1, 0.15) is 55.8 Å². The molecule has 186 valence electrons. The summed E-state index contributed by atoms with van der Waals surface area (Å²) < 4.78 is 11.7. The number of amides is 1. The van der Waals surface area contributed by atoms with Gasteiger partial charge < -0.3 is 14.6 Å². The third kappa shape index (κ3) is 4.48. The second kappa shape index (κ2) is 10.1. The predicted molar refractivity (Wildman–Crippen MR) is 139 cm³/mol. The molecule has 36 heavy (non-hydrogen) atoms. The SMILES string of the molecule is CCCCCOc1cccc([C@H]2C(=C(O)c3ccc4c(c3)C[C@H](C)O4)C(=O)C(=O)N2c2nccs2)c1. The number of ketones is 1. The minimum atomic E-state index is -0.834. The van der Waals surface area contributed by atoms with Gasteiger partial charge in [-0.25, -0.2) is 4.98 Å². The fraction of sp³-hybridized carbons (Fsp3) is 0.321. The van der Waals surface area contributed by atoms with E-state index in [2.05, 4.69) is 11.9 Å². The van der Waals surface area contributed by atoms with E-state index < -0.39 is 17.7 Å². The highest BCUT2D eigenvalue weighted by molar-refractivity contribution is 7.14. The number of unbranched alkanes of at least 4 members (excludes halogenated alkanes) is 2. The maximum Gasteiger partial charge on any atom is 0.301 e. The van der Waals surface area contributed by atoms with Gasteiger partial charge in [-0.15, -0.1) is 11.3 Å². The molecular formula is C28H28N2O5S. The second-order valence-corrected chi connectivity index (χ2v) is 9.94. The van der Waals surface area contributed by atoms with Crippen LogP contribution in [0.4, 0.5) is 5.13 Å². The topological polar surface area (TPSA) is 89.0 Å². The molecule has 3 heterocycles. The average molecular weight is 505 g/mol. The van der Waals surface area contributed by atoms with Gasteiger partial charge in [-0.3, -0.25) is 14.5 Å². The number of hydrogen-bond acceptors (Lipinski definition) is 7. The van der Waals surface area contributed by atoms with Crippen molar-refractivity contribution in [1.29, 1.82) is 0 Å². The molecule has 2 atom stereocenters. The molecule has 0 radical (unpaired) electrons. The van der Waals surface area contributed by atoms with Crippen molar-refractivity contribution in [3.63, 3.8) is 0 Å². The number of carbonyl (C=O) groups excluding carboxylic acids is 2. The quantitative estimate of drug-likeness (QED) is 0.184. The van der Waals surface area contributed by atoms with Crippen molar-refractivity contribution < 1.29 is 24.2 Å². The number of benzene rings is 2. The van der Waals surface area contributed by atoms with Gasteiger partial charge in [-0.1, -0.05) is 31.9 Å². The van der Waals surface area contributed by atoms with Crippen LogP contribution in [-0.4, -0.2) is 34.5 Å². The van der Waals surface area contributed by atoms with Crippen molar-refractivity contribution in [2.75, 3.05) is 11.5 Å². The van der Waals surface area contributed by atoms with Crippen molar-refractivity contribution in [2.45, 2.75) is 51.7 Å². The lowest BCUT2D eigenvalue weighted by molar-refractivity contribution is -0.132. The lowest BCUT2D eigenvalue weighted by Crippen LogP contribution is -2.29. The van der Waals surface area contributed by atoms with Crippen molar-refractivity contribution in [3.05, 3.63) is 76.3 Å². The summed E-state index contributed by atoms with van der Waals surface area (Å²) in [5.74, 6) is -0.256. The molecule has 0 saturated carbocycles. The molecule has 2 aliphatic rings. The Morgan fingerprint density at radius 3 is 2.86 bits per heavy atom. The Kier molecular flexibility index (Phi) is 6.78. The van der Waals surface area contributed by atoms with Crippen LogP contribution >= 0.6 is 11.3 Å². The number of aromatic nitrogens is 1. The summed E-state index contributed by atoms with van der Waals surface area (Å²) in [6, 6.07) is 11.9. The van der Waals surface area contributed by atoms with E-state index in [-0.39, 0.29) is 17.4 Å². The molecule has 0 spiro atoms. The standard InChI is InChI=1S/C28H28N2O5S/c1-3-4-5-12-34-21-8-6-7-18(16-21)24-23(26(32)27(33)30(24)28-29-11-13-36-28)25(31)19-9-10-22-20(15-19)14-17(2)35-22/h6-11,13,15-17,24,31H,3-5,12,14H2,1-2H3/t17-,24-/m0/s1. The predicted octanol–water partition coefficient (Wildman–Crippen LogP) is 5.66. The van der Waals surface area contributed by atoms with Gasteiger partial charge in [0.2, 0.25) is 0 Å². The van der Waals surface area contributed by atoms with Gasteiger partial charge >= 0.3 is 5.91 Å². The molecule has 1 amide bonds. The molecule has 0 bridgehead atoms. The number of Topliss-reactive ketones (excluding diaryl/α,β-unsaturated/α-hetero) is 1. The highest BCUT2D eigenvalue weighted by Crippen LogP contribution is 2.44. The largest absolute Gasteiger partial charge is 0.507 e. The lowest BCUT2D eigenvalue weighted by atomic mass is 9.94. The molecule has 0 unspecified atom stereocenters. The number of aliphatic hydroxyl groups excluding tert-OH is 1. The molecule has 0 aliphatic carbocycles. The summed E-state index contributed by atoms with van der Waals surface area (Å²) in [5, 5.41) is 13.6. The zero-order valence-corrected chi connectivity index (χ0v) is 21.1. The van der Waals surface area contributed by atoms with Gasteiger partial charge in [0.25, 0.3) is 5.78 Å². The van der Waals surface area contributed by atoms with Gasteiger partial charge in [-0.05, 0) is 54.8 Å². The Bertz CT molecular complexity index is 1320. The van der Waals surface area contributed by atoms with Crippen LogP contribution in [0.15, 0.2) is 59.6 Å². The first-order valence-corrected chi connectivity index (χ1v) is 13.1. The van der Waals surface area contributed by atoms with Crippen molar-refractivity contribution in [2.24, 2.45) is 0 Å². The number of rotatable bonds is 8. The summed E-state index contributed by atoms with van der Waals surface area (Å²) in [6.45, 7) is 4.70. The molecule has 7 nitrogen and oxygen atoms in total. The van der Waals surface area contributed by atoms with Crippen molar-refractivity contribution in [3.8, 4) is 11.5 Å². The second-order valence-electron chi connectivity index (χ2n) is 9.07. The molecule has 8 heteroatoms. The van der Waals surface area contributed by atoms with Crippen LogP contribution in [0.2, 0.25) is 0 Å². The third-order valence-electron chi connectivity index (χ3n) is 6.43. The van der Waals surface area contributed by atoms with E-state index in [1.165, 1.54) is 16.2 Å². The number of ether oxygens (including phenoxy) is 2. The number of anilines is 1. The highest BCUT2D eigenvalue weighted by Gasteiger charge is 2.48. The molecule has 2 aliphatic heterocycles. The Balaban J connectivity index is 1.58. The number of aliphatic hydroxyl groups is 1. The fourth-order valence-electron chi connectivity index (χ4n) is 4.72. The van der Waals surface area contributed by atoms with Gasteiger partial charge in [-0.2, -0.15) is 0 Å². The van der Waals surface area contributed by atoms with E-state index in [0.29, 0.717) is 35.0 Å². The number of nitrogens with zero attached hydrogens (tertiary/aromatic N) is 2. The first-order chi connectivity index (χ1) is 17.5. The van der Waals surface area contributed by atoms with Crippen LogP contribution in [0.25, 0.3) is 5.76 Å². The minimum Gasteiger partial charge on any atom is -0.507 e. The maximum absolute atomic E-state index is 13.3. The molecule has 3 aromatic rings. The Hall–Kier alpha value is -3.65. The van der Waals surface area contributed by atoms with Gasteiger partial charge in [0, 0.05) is 23.6 Å². The molecule has 1 N–H and O–H groups in total. The summed E-state index contributed by atoms with van der Waals surface area (Å²) in [6.07, 6.45) is 5.47. The summed E-state index contributed by atoms with van der Waals surface area (Å²) in [7, 11) is 0. The first kappa shape index (κ1) is 24.1. The first-order valence-electron chi connectivity index (χ1n) is 12.2. The number of fused-ring (bicyclic) bond motifs is 1. The zero-order chi connectivity index (χ0) is 25.2. The lowest BCUT2D eigenvalue weighted by Gasteiger charge is -2.23. The third-order valence-corrected chi connectivity index (χ3v) is 7.20. The molecular weight excluding hydrogens is 476 g/mol. The molecule has 1 fully saturated rings. The zero-order valence-electron chi connectivity index (χ0n) is 20.3. The summed E-state index contributed by atoms with van der Waals surface area (Å²) in [5.41, 5.74) is 2.13. The summed E-state index contributed by atoms with van der Waals surface area (Å²) >= 11 is 1.26. The van der Waals surface area contributed by atoms with Crippen LogP contribution in [0.3, 0.4) is 0 Å². The molecule has 5 rings (SSSR count). The fourth-order valence-corrected chi connectivity index (χ4v) is 5.39. The van der Waals surface area contributed by atoms with Crippen molar-refractivity contribution >= 4 is 33.9 Å². The molecule has 2 aromatic carbocycles. The molecule has 1 saturated heterocycles. The van der Waals surface area contributed by atoms with E-state index in [9.17, 15) is 14.7 Å². The Morgan fingerprint density at radius 2 is 2.08 bits per heavy atom. The van der Waals surface area contributed by atoms with Crippen LogP contribution < -0.4 is 14.4 Å². The van der Waals surface area contributed by atoms with Gasteiger partial charge in [0.05, 0.1) is 18.2 Å². The Labute approximate surface area is 214 Å². The van der Waals surface area contributed by atoms with E-state index >= 15 is 0 Å². The normalized spacial score (nSPS) is 20.4. The highest BCUT2D eigenvalue weighted by atomic mass is 32.1. The van der Waals surface area contributed by atoms with Crippen LogP contribution in [-0.2, 0) is 16.0 Å². The van der Waals surface area contributed by atoms with Crippen molar-refractivity contribution in [1.82, 2.24) is 4.98 Å². The van der Waals surface area contributed by atoms with E-state index in [4.69, 9.17) is 9.47 Å². The number of thiazole rings is 1. The average Bonchev–Trinajstić information content (AvgIpc) is 3.59. The maximum atomic E-state index is 13.3. The van der Waals surface area contributed by atoms with Crippen LogP contribution in [0, 0.1) is 0 Å². The van der Waals surface area contributed by atoms with Gasteiger partial charge in [0.15, 0.2) is 5.13 Å². The number of carbonyl (C=O) groups is 2. The van der Waals surface area contributed by atoms with E-state index in [1.807, 2.05) is 37.3 Å². The summed E-state index contributed by atoms with van der Waals surface area (Å²) in [4.78, 5) is 32.2. The molecule has 1 aromatic heterocycles. The van der Waals surface area contributed by atoms with Gasteiger partial charge in [0.1, 0.15) is 23.4 Å². The Morgan fingerprint density at radius 1 is 1.22 bits per heavy atom. The number of hydrogen-bond donors (Lipinski definition) is 1. The van der Waals surface area contributed by atoms with Crippen LogP contribution in [0.5, 0.6) is 11.5 Å². The van der Waals surface area contributed by atoms with E-state index in [0.717, 1.165) is 30.6 Å². The smallest absolute Gasteiger partial charge is 0.301 e. The van der Waals surface area contributed by atoms with E-state index in [1.54, 1.807) is 23.7 Å². The minimum absolute atomic E-state index is 0.0326.